The standard InChI is InChI=1S/C26H21FN8/c1-35(2)14-15-9-17(12-28-11-15)18-10-21-23(33-34-24(21)30-13-18)26-31-22-20(7-8-29-25(22)32-26)16-3-5-19(27)6-4-16/h3-13H,14H2,1-2H3,(H,29,31,32)(H,30,33,34). The number of hydrogen-bond acceptors (Lipinski definition) is 6. The molecule has 0 aliphatic heterocycles. The molecular formula is C26H21FN8. The third kappa shape index (κ3) is 3.91. The van der Waals surface area contributed by atoms with E-state index in [0.717, 1.165) is 39.7 Å². The number of nitrogens with one attached hydrogen (secondary N) is 2. The maximum atomic E-state index is 13.4. The minimum atomic E-state index is -0.282. The molecule has 6 rings (SSSR count). The molecule has 5 aromatic heterocycles. The molecule has 0 aliphatic rings. The van der Waals surface area contributed by atoms with Gasteiger partial charge in [-0.15, -0.1) is 0 Å². The average Bonchev–Trinajstić information content (AvgIpc) is 3.48. The molecule has 0 saturated carbocycles. The predicted molar refractivity (Wildman–Crippen MR) is 133 cm³/mol. The van der Waals surface area contributed by atoms with Crippen LogP contribution in [-0.4, -0.2) is 54.1 Å². The zero-order valence-electron chi connectivity index (χ0n) is 19.1. The van der Waals surface area contributed by atoms with Crippen molar-refractivity contribution in [2.24, 2.45) is 0 Å². The SMILES string of the molecule is CN(C)Cc1cncc(-c2cnc3[nH]nc(-c4nc5c(-c6ccc(F)cc6)ccnc5[nH]4)c3c2)c1. The highest BCUT2D eigenvalue weighted by atomic mass is 19.1. The number of hydrogen-bond donors (Lipinski definition) is 2. The molecule has 0 unspecified atom stereocenters. The van der Waals surface area contributed by atoms with E-state index in [9.17, 15) is 4.39 Å². The van der Waals surface area contributed by atoms with Gasteiger partial charge < -0.3 is 9.88 Å². The Balaban J connectivity index is 1.44. The summed E-state index contributed by atoms with van der Waals surface area (Å²) >= 11 is 0. The van der Waals surface area contributed by atoms with Crippen molar-refractivity contribution >= 4 is 22.2 Å². The number of H-pyrrole nitrogens is 2. The van der Waals surface area contributed by atoms with E-state index < -0.39 is 0 Å². The Labute approximate surface area is 199 Å². The van der Waals surface area contributed by atoms with Gasteiger partial charge in [0.15, 0.2) is 17.1 Å². The lowest BCUT2D eigenvalue weighted by Crippen LogP contribution is -2.10. The number of halogens is 1. The van der Waals surface area contributed by atoms with Gasteiger partial charge in [0.25, 0.3) is 0 Å². The van der Waals surface area contributed by atoms with Gasteiger partial charge in [-0.25, -0.2) is 19.3 Å². The Kier molecular flexibility index (Phi) is 5.04. The lowest BCUT2D eigenvalue weighted by atomic mass is 10.1. The molecule has 0 bridgehead atoms. The third-order valence-electron chi connectivity index (χ3n) is 5.81. The van der Waals surface area contributed by atoms with E-state index in [1.54, 1.807) is 18.3 Å². The van der Waals surface area contributed by atoms with Gasteiger partial charge in [-0.3, -0.25) is 10.1 Å². The summed E-state index contributed by atoms with van der Waals surface area (Å²) in [7, 11) is 4.06. The summed E-state index contributed by atoms with van der Waals surface area (Å²) in [4.78, 5) is 23.6. The van der Waals surface area contributed by atoms with Crippen LogP contribution in [0, 0.1) is 5.82 Å². The molecule has 2 N–H and O–H groups in total. The first kappa shape index (κ1) is 21.1. The molecule has 0 radical (unpaired) electrons. The molecule has 0 atom stereocenters. The van der Waals surface area contributed by atoms with Crippen molar-refractivity contribution in [1.29, 1.82) is 0 Å². The molecule has 35 heavy (non-hydrogen) atoms. The molecule has 0 aliphatic carbocycles. The van der Waals surface area contributed by atoms with Gasteiger partial charge >= 0.3 is 0 Å². The van der Waals surface area contributed by atoms with Crippen molar-refractivity contribution in [2.75, 3.05) is 14.1 Å². The first-order valence-corrected chi connectivity index (χ1v) is 11.1. The lowest BCUT2D eigenvalue weighted by Gasteiger charge is -2.10. The highest BCUT2D eigenvalue weighted by Crippen LogP contribution is 2.32. The summed E-state index contributed by atoms with van der Waals surface area (Å²) in [5.74, 6) is 0.294. The number of imidazole rings is 1. The highest BCUT2D eigenvalue weighted by molar-refractivity contribution is 5.96. The third-order valence-corrected chi connectivity index (χ3v) is 5.81. The Morgan fingerprint density at radius 3 is 2.54 bits per heavy atom. The molecule has 0 spiro atoms. The minimum Gasteiger partial charge on any atom is -0.321 e. The molecule has 1 aromatic carbocycles. The molecule has 0 amide bonds. The van der Waals surface area contributed by atoms with Crippen LogP contribution < -0.4 is 0 Å². The summed E-state index contributed by atoms with van der Waals surface area (Å²) in [5.41, 5.74) is 7.39. The second-order valence-electron chi connectivity index (χ2n) is 8.66. The Morgan fingerprint density at radius 2 is 1.71 bits per heavy atom. The second-order valence-corrected chi connectivity index (χ2v) is 8.66. The Hall–Kier alpha value is -4.50. The molecule has 5 heterocycles. The van der Waals surface area contributed by atoms with Gasteiger partial charge in [0.2, 0.25) is 0 Å². The van der Waals surface area contributed by atoms with E-state index in [0.29, 0.717) is 28.3 Å². The van der Waals surface area contributed by atoms with E-state index in [1.165, 1.54) is 12.1 Å². The second kappa shape index (κ2) is 8.37. The van der Waals surface area contributed by atoms with Crippen LogP contribution in [0.25, 0.3) is 56.0 Å². The fourth-order valence-corrected chi connectivity index (χ4v) is 4.22. The Morgan fingerprint density at radius 1 is 0.886 bits per heavy atom. The monoisotopic (exact) mass is 464 g/mol. The van der Waals surface area contributed by atoms with Crippen molar-refractivity contribution in [3.05, 3.63) is 78.6 Å². The predicted octanol–water partition coefficient (Wildman–Crippen LogP) is 4.83. The van der Waals surface area contributed by atoms with E-state index in [4.69, 9.17) is 4.98 Å². The van der Waals surface area contributed by atoms with Gasteiger partial charge in [-0.05, 0) is 55.6 Å². The number of nitrogens with zero attached hydrogens (tertiary/aromatic N) is 6. The molecule has 0 saturated heterocycles. The van der Waals surface area contributed by atoms with Gasteiger partial charge in [-0.1, -0.05) is 12.1 Å². The summed E-state index contributed by atoms with van der Waals surface area (Å²) < 4.78 is 13.4. The number of aromatic nitrogens is 7. The molecule has 8 nitrogen and oxygen atoms in total. The normalized spacial score (nSPS) is 11.7. The van der Waals surface area contributed by atoms with E-state index in [1.807, 2.05) is 44.8 Å². The summed E-state index contributed by atoms with van der Waals surface area (Å²) in [5, 5.41) is 8.32. The largest absolute Gasteiger partial charge is 0.321 e. The smallest absolute Gasteiger partial charge is 0.161 e. The summed E-state index contributed by atoms with van der Waals surface area (Å²) in [6.45, 7) is 0.801. The van der Waals surface area contributed by atoms with Gasteiger partial charge in [-0.2, -0.15) is 5.10 Å². The molecule has 0 fully saturated rings. The first-order valence-electron chi connectivity index (χ1n) is 11.1. The number of pyridine rings is 3. The van der Waals surface area contributed by atoms with Crippen molar-refractivity contribution in [2.45, 2.75) is 6.54 Å². The molecule has 172 valence electrons. The maximum absolute atomic E-state index is 13.4. The maximum Gasteiger partial charge on any atom is 0.161 e. The summed E-state index contributed by atoms with van der Waals surface area (Å²) in [6.07, 6.45) is 7.23. The van der Waals surface area contributed by atoms with Crippen LogP contribution >= 0.6 is 0 Å². The van der Waals surface area contributed by atoms with E-state index in [2.05, 4.69) is 41.1 Å². The van der Waals surface area contributed by atoms with Crippen LogP contribution in [0.2, 0.25) is 0 Å². The van der Waals surface area contributed by atoms with Crippen LogP contribution in [0.3, 0.4) is 0 Å². The lowest BCUT2D eigenvalue weighted by molar-refractivity contribution is 0.402. The van der Waals surface area contributed by atoms with Gasteiger partial charge in [0, 0.05) is 48.0 Å². The summed E-state index contributed by atoms with van der Waals surface area (Å²) in [6, 6.07) is 12.4. The zero-order valence-corrected chi connectivity index (χ0v) is 19.1. The fraction of sp³-hybridized carbons (Fsp3) is 0.115. The fourth-order valence-electron chi connectivity index (χ4n) is 4.22. The van der Waals surface area contributed by atoms with Crippen molar-refractivity contribution in [1.82, 2.24) is 40.0 Å². The van der Waals surface area contributed by atoms with Crippen LogP contribution in [0.15, 0.2) is 67.3 Å². The quantitative estimate of drug-likeness (QED) is 0.379. The van der Waals surface area contributed by atoms with E-state index >= 15 is 0 Å². The molecule has 6 aromatic rings. The number of benzene rings is 1. The zero-order chi connectivity index (χ0) is 23.9. The topological polar surface area (TPSA) is 99.3 Å². The van der Waals surface area contributed by atoms with Crippen LogP contribution in [0.5, 0.6) is 0 Å². The number of fused-ring (bicyclic) bond motifs is 2. The molecular weight excluding hydrogens is 443 g/mol. The number of aromatic amines is 2. The van der Waals surface area contributed by atoms with Crippen LogP contribution in [0.1, 0.15) is 5.56 Å². The van der Waals surface area contributed by atoms with Crippen molar-refractivity contribution in [3.8, 4) is 33.8 Å². The van der Waals surface area contributed by atoms with Crippen LogP contribution in [-0.2, 0) is 6.54 Å². The highest BCUT2D eigenvalue weighted by Gasteiger charge is 2.17. The van der Waals surface area contributed by atoms with Crippen molar-refractivity contribution in [3.63, 3.8) is 0 Å². The average molecular weight is 465 g/mol. The van der Waals surface area contributed by atoms with Gasteiger partial charge in [0.1, 0.15) is 17.0 Å². The molecule has 9 heteroatoms. The Bertz CT molecular complexity index is 1670. The van der Waals surface area contributed by atoms with Crippen molar-refractivity contribution < 1.29 is 4.39 Å². The minimum absolute atomic E-state index is 0.282. The van der Waals surface area contributed by atoms with E-state index in [-0.39, 0.29) is 5.82 Å². The van der Waals surface area contributed by atoms with Crippen LogP contribution in [0.4, 0.5) is 4.39 Å². The first-order chi connectivity index (χ1) is 17.0. The number of rotatable bonds is 5. The van der Waals surface area contributed by atoms with Gasteiger partial charge in [0.05, 0.1) is 5.39 Å².